The molecule has 3 unspecified atom stereocenters. The van der Waals surface area contributed by atoms with Crippen LogP contribution in [0.25, 0.3) is 0 Å². The molecule has 0 bridgehead atoms. The monoisotopic (exact) mass is 260 g/mol. The molecule has 1 heterocycles. The molecule has 2 nitrogen and oxygen atoms in total. The minimum atomic E-state index is 0.132. The minimum absolute atomic E-state index is 0.132. The van der Waals surface area contributed by atoms with E-state index in [0.29, 0.717) is 6.04 Å². The molecule has 106 valence electrons. The van der Waals surface area contributed by atoms with Gasteiger partial charge >= 0.3 is 0 Å². The Kier molecular flexibility index (Phi) is 4.64. The van der Waals surface area contributed by atoms with Gasteiger partial charge in [-0.15, -0.1) is 0 Å². The Labute approximate surface area is 118 Å². The molecule has 2 heteroatoms. The summed E-state index contributed by atoms with van der Waals surface area (Å²) in [6.45, 7) is 11.2. The van der Waals surface area contributed by atoms with Crippen molar-refractivity contribution in [2.45, 2.75) is 52.6 Å². The van der Waals surface area contributed by atoms with Crippen LogP contribution < -0.4 is 5.73 Å². The molecule has 2 rings (SSSR count). The van der Waals surface area contributed by atoms with E-state index in [2.05, 4.69) is 50.8 Å². The first-order valence-electron chi connectivity index (χ1n) is 7.56. The molecule has 19 heavy (non-hydrogen) atoms. The van der Waals surface area contributed by atoms with Crippen molar-refractivity contribution in [2.75, 3.05) is 13.1 Å². The van der Waals surface area contributed by atoms with Crippen LogP contribution in [0.15, 0.2) is 18.2 Å². The number of rotatable bonds is 3. The third-order valence-corrected chi connectivity index (χ3v) is 4.77. The normalized spacial score (nSPS) is 26.4. The van der Waals surface area contributed by atoms with Gasteiger partial charge in [-0.2, -0.15) is 0 Å². The van der Waals surface area contributed by atoms with E-state index in [1.807, 2.05) is 0 Å². The van der Waals surface area contributed by atoms with E-state index in [0.717, 1.165) is 12.5 Å². The summed E-state index contributed by atoms with van der Waals surface area (Å²) in [5.41, 5.74) is 10.4. The van der Waals surface area contributed by atoms with E-state index in [-0.39, 0.29) is 6.04 Å². The van der Waals surface area contributed by atoms with Gasteiger partial charge in [0.25, 0.3) is 0 Å². The molecule has 1 aliphatic heterocycles. The highest BCUT2D eigenvalue weighted by molar-refractivity contribution is 5.33. The van der Waals surface area contributed by atoms with Crippen LogP contribution in [0.4, 0.5) is 0 Å². The quantitative estimate of drug-likeness (QED) is 0.902. The topological polar surface area (TPSA) is 29.3 Å². The summed E-state index contributed by atoms with van der Waals surface area (Å²) in [7, 11) is 0. The second-order valence-corrected chi connectivity index (χ2v) is 6.32. The molecular formula is C17H28N2. The molecule has 1 fully saturated rings. The number of nitrogens with two attached hydrogens (primary N) is 1. The Hall–Kier alpha value is -0.860. The number of benzene rings is 1. The van der Waals surface area contributed by atoms with Crippen molar-refractivity contribution in [2.24, 2.45) is 11.7 Å². The fourth-order valence-corrected chi connectivity index (χ4v) is 3.19. The molecule has 0 aromatic heterocycles. The van der Waals surface area contributed by atoms with Gasteiger partial charge in [-0.25, -0.2) is 0 Å². The number of hydrogen-bond donors (Lipinski definition) is 1. The lowest BCUT2D eigenvalue weighted by Gasteiger charge is -2.39. The first-order chi connectivity index (χ1) is 8.99. The van der Waals surface area contributed by atoms with Gasteiger partial charge in [0.1, 0.15) is 0 Å². The van der Waals surface area contributed by atoms with Crippen molar-refractivity contribution in [1.82, 2.24) is 4.90 Å². The van der Waals surface area contributed by atoms with Crippen LogP contribution in [0.5, 0.6) is 0 Å². The molecule has 3 atom stereocenters. The summed E-state index contributed by atoms with van der Waals surface area (Å²) in [4.78, 5) is 2.57. The maximum Gasteiger partial charge on any atom is 0.0427 e. The van der Waals surface area contributed by atoms with E-state index < -0.39 is 0 Å². The lowest BCUT2D eigenvalue weighted by molar-refractivity contribution is 0.107. The Morgan fingerprint density at radius 1 is 1.32 bits per heavy atom. The Balaban J connectivity index is 2.08. The highest BCUT2D eigenvalue weighted by atomic mass is 15.2. The molecular weight excluding hydrogens is 232 g/mol. The molecule has 1 saturated heterocycles. The zero-order chi connectivity index (χ0) is 14.0. The molecule has 0 radical (unpaired) electrons. The number of nitrogens with zero attached hydrogens (tertiary/aromatic N) is 1. The summed E-state index contributed by atoms with van der Waals surface area (Å²) in [6, 6.07) is 7.39. The number of hydrogen-bond acceptors (Lipinski definition) is 2. The SMILES string of the molecule is Cc1ccc(C)c(C(N)CN2CCCC(C)C2C)c1. The van der Waals surface area contributed by atoms with Gasteiger partial charge in [-0.3, -0.25) is 4.90 Å². The van der Waals surface area contributed by atoms with Crippen LogP contribution in [-0.4, -0.2) is 24.0 Å². The Morgan fingerprint density at radius 2 is 2.05 bits per heavy atom. The van der Waals surface area contributed by atoms with E-state index in [1.165, 1.54) is 36.1 Å². The molecule has 1 aromatic carbocycles. The zero-order valence-electron chi connectivity index (χ0n) is 12.8. The maximum absolute atomic E-state index is 6.46. The third kappa shape index (κ3) is 3.37. The molecule has 0 aliphatic carbocycles. The smallest absolute Gasteiger partial charge is 0.0427 e. The second-order valence-electron chi connectivity index (χ2n) is 6.32. The summed E-state index contributed by atoms with van der Waals surface area (Å²) >= 11 is 0. The van der Waals surface area contributed by atoms with Crippen molar-refractivity contribution in [3.8, 4) is 0 Å². The van der Waals surface area contributed by atoms with Crippen LogP contribution in [0.1, 0.15) is 49.4 Å². The lowest BCUT2D eigenvalue weighted by Crippen LogP contribution is -2.45. The van der Waals surface area contributed by atoms with E-state index in [9.17, 15) is 0 Å². The third-order valence-electron chi connectivity index (χ3n) is 4.77. The predicted octanol–water partition coefficient (Wildman–Crippen LogP) is 3.42. The van der Waals surface area contributed by atoms with Crippen molar-refractivity contribution in [3.63, 3.8) is 0 Å². The number of aryl methyl sites for hydroxylation is 2. The van der Waals surface area contributed by atoms with Crippen LogP contribution in [0.3, 0.4) is 0 Å². The average molecular weight is 260 g/mol. The minimum Gasteiger partial charge on any atom is -0.323 e. The maximum atomic E-state index is 6.46. The fraction of sp³-hybridized carbons (Fsp3) is 0.647. The zero-order valence-corrected chi connectivity index (χ0v) is 12.8. The van der Waals surface area contributed by atoms with Crippen molar-refractivity contribution in [1.29, 1.82) is 0 Å². The van der Waals surface area contributed by atoms with Crippen LogP contribution in [-0.2, 0) is 0 Å². The highest BCUT2D eigenvalue weighted by Gasteiger charge is 2.26. The van der Waals surface area contributed by atoms with E-state index in [4.69, 9.17) is 5.73 Å². The molecule has 1 aliphatic rings. The van der Waals surface area contributed by atoms with Crippen molar-refractivity contribution >= 4 is 0 Å². The second kappa shape index (κ2) is 6.06. The molecule has 0 saturated carbocycles. The number of piperidine rings is 1. The fourth-order valence-electron chi connectivity index (χ4n) is 3.19. The average Bonchev–Trinajstić information content (AvgIpc) is 2.38. The van der Waals surface area contributed by atoms with E-state index in [1.54, 1.807) is 0 Å². The van der Waals surface area contributed by atoms with Gasteiger partial charge in [-0.1, -0.05) is 30.7 Å². The summed E-state index contributed by atoms with van der Waals surface area (Å²) in [6.07, 6.45) is 2.67. The molecule has 1 aromatic rings. The Bertz CT molecular complexity index is 427. The highest BCUT2D eigenvalue weighted by Crippen LogP contribution is 2.26. The summed E-state index contributed by atoms with van der Waals surface area (Å²) < 4.78 is 0. The van der Waals surface area contributed by atoms with Crippen LogP contribution in [0, 0.1) is 19.8 Å². The largest absolute Gasteiger partial charge is 0.323 e. The van der Waals surface area contributed by atoms with Crippen molar-refractivity contribution in [3.05, 3.63) is 34.9 Å². The van der Waals surface area contributed by atoms with Gasteiger partial charge in [0.15, 0.2) is 0 Å². The van der Waals surface area contributed by atoms with Gasteiger partial charge in [0.05, 0.1) is 0 Å². The van der Waals surface area contributed by atoms with Gasteiger partial charge < -0.3 is 5.73 Å². The summed E-state index contributed by atoms with van der Waals surface area (Å²) in [5, 5.41) is 0. The molecule has 0 spiro atoms. The van der Waals surface area contributed by atoms with Gasteiger partial charge in [0.2, 0.25) is 0 Å². The molecule has 2 N–H and O–H groups in total. The van der Waals surface area contributed by atoms with Gasteiger partial charge in [0, 0.05) is 18.6 Å². The first kappa shape index (κ1) is 14.5. The number of likely N-dealkylation sites (tertiary alicyclic amines) is 1. The predicted molar refractivity (Wildman–Crippen MR) is 82.3 cm³/mol. The lowest BCUT2D eigenvalue weighted by atomic mass is 9.91. The Morgan fingerprint density at radius 3 is 2.79 bits per heavy atom. The van der Waals surface area contributed by atoms with Gasteiger partial charge in [-0.05, 0) is 57.2 Å². The van der Waals surface area contributed by atoms with Crippen LogP contribution >= 0.6 is 0 Å². The van der Waals surface area contributed by atoms with Crippen LogP contribution in [0.2, 0.25) is 0 Å². The first-order valence-corrected chi connectivity index (χ1v) is 7.56. The standard InChI is InChI=1S/C17H28N2/c1-12-7-8-14(3)16(10-12)17(18)11-19-9-5-6-13(2)15(19)4/h7-8,10,13,15,17H,5-6,9,11,18H2,1-4H3. The summed E-state index contributed by atoms with van der Waals surface area (Å²) in [5.74, 6) is 0.791. The molecule has 0 amide bonds. The van der Waals surface area contributed by atoms with E-state index >= 15 is 0 Å². The van der Waals surface area contributed by atoms with Crippen molar-refractivity contribution < 1.29 is 0 Å².